The minimum Gasteiger partial charge on any atom is -0.338 e. The fourth-order valence-electron chi connectivity index (χ4n) is 5.34. The number of benzene rings is 1. The van der Waals surface area contributed by atoms with Crippen molar-refractivity contribution < 1.29 is 0 Å². The molecular weight excluding hydrogens is 440 g/mol. The molecule has 1 aliphatic carbocycles. The molecule has 1 aliphatic rings. The van der Waals surface area contributed by atoms with Crippen molar-refractivity contribution in [2.24, 2.45) is 11.8 Å². The minimum atomic E-state index is -0.196. The standard InChI is InChI=1S/C26H30N8O/c1-16(2)24(34-29-12-13-30-34)20-9-8-19(14-17(20)3)31-25-23-22(10-11-28-26(23)35)33(32-25)21-7-5-4-6-18(21)15-27/h8-14,16,18,21,24H,4-7H2,1-3H3,(H,28,35)(H,31,32)/t18?,21-,24?/m0/s1. The molecule has 0 amide bonds. The number of nitrogens with one attached hydrogen (secondary N) is 2. The summed E-state index contributed by atoms with van der Waals surface area (Å²) in [5, 5.41) is 27.2. The van der Waals surface area contributed by atoms with Gasteiger partial charge in [0.2, 0.25) is 0 Å². The number of nitrogens with zero attached hydrogens (tertiary/aromatic N) is 6. The third kappa shape index (κ3) is 4.20. The van der Waals surface area contributed by atoms with Gasteiger partial charge in [-0.05, 0) is 55.0 Å². The molecule has 3 aromatic heterocycles. The van der Waals surface area contributed by atoms with Gasteiger partial charge in [-0.2, -0.15) is 25.4 Å². The van der Waals surface area contributed by atoms with Gasteiger partial charge in [-0.3, -0.25) is 9.48 Å². The van der Waals surface area contributed by atoms with Crippen LogP contribution < -0.4 is 10.9 Å². The van der Waals surface area contributed by atoms with Crippen LogP contribution in [0.1, 0.15) is 62.7 Å². The molecule has 35 heavy (non-hydrogen) atoms. The van der Waals surface area contributed by atoms with E-state index in [0.717, 1.165) is 48.0 Å². The Morgan fingerprint density at radius 2 is 1.94 bits per heavy atom. The van der Waals surface area contributed by atoms with Crippen molar-refractivity contribution >= 4 is 22.4 Å². The fraction of sp³-hybridized carbons (Fsp3) is 0.423. The average molecular weight is 471 g/mol. The fourth-order valence-corrected chi connectivity index (χ4v) is 5.34. The topological polar surface area (TPSA) is 117 Å². The largest absolute Gasteiger partial charge is 0.338 e. The highest BCUT2D eigenvalue weighted by atomic mass is 16.1. The number of hydrogen-bond donors (Lipinski definition) is 2. The predicted octanol–water partition coefficient (Wildman–Crippen LogP) is 4.87. The molecule has 9 nitrogen and oxygen atoms in total. The molecule has 180 valence electrons. The van der Waals surface area contributed by atoms with Crippen LogP contribution in [-0.4, -0.2) is 29.8 Å². The summed E-state index contributed by atoms with van der Waals surface area (Å²) in [6, 6.07) is 10.5. The van der Waals surface area contributed by atoms with Crippen LogP contribution in [0.25, 0.3) is 10.9 Å². The van der Waals surface area contributed by atoms with Crippen LogP contribution in [0.4, 0.5) is 11.5 Å². The van der Waals surface area contributed by atoms with Crippen molar-refractivity contribution in [2.75, 3.05) is 5.32 Å². The van der Waals surface area contributed by atoms with Gasteiger partial charge < -0.3 is 10.3 Å². The van der Waals surface area contributed by atoms with E-state index in [0.29, 0.717) is 17.1 Å². The normalized spacial score (nSPS) is 19.1. The highest BCUT2D eigenvalue weighted by Gasteiger charge is 2.30. The predicted molar refractivity (Wildman–Crippen MR) is 134 cm³/mol. The highest BCUT2D eigenvalue weighted by molar-refractivity contribution is 5.91. The number of fused-ring (bicyclic) bond motifs is 1. The molecule has 9 heteroatoms. The van der Waals surface area contributed by atoms with Gasteiger partial charge in [-0.25, -0.2) is 0 Å². The van der Waals surface area contributed by atoms with E-state index in [-0.39, 0.29) is 23.6 Å². The Morgan fingerprint density at radius 3 is 2.66 bits per heavy atom. The van der Waals surface area contributed by atoms with Crippen LogP contribution in [-0.2, 0) is 0 Å². The van der Waals surface area contributed by atoms with Gasteiger partial charge in [0.25, 0.3) is 5.56 Å². The van der Waals surface area contributed by atoms with Gasteiger partial charge in [0.1, 0.15) is 5.39 Å². The van der Waals surface area contributed by atoms with E-state index < -0.39 is 0 Å². The molecule has 0 saturated heterocycles. The molecule has 2 N–H and O–H groups in total. The van der Waals surface area contributed by atoms with Crippen molar-refractivity contribution in [1.29, 1.82) is 5.26 Å². The summed E-state index contributed by atoms with van der Waals surface area (Å²) in [5.74, 6) is 0.705. The Balaban J connectivity index is 1.52. The molecule has 4 aromatic rings. The molecule has 5 rings (SSSR count). The quantitative estimate of drug-likeness (QED) is 0.415. The molecule has 1 aromatic carbocycles. The second kappa shape index (κ2) is 9.37. The van der Waals surface area contributed by atoms with Gasteiger partial charge in [-0.15, -0.1) is 0 Å². The van der Waals surface area contributed by atoms with Gasteiger partial charge >= 0.3 is 0 Å². The average Bonchev–Trinajstić information content (AvgIpc) is 3.50. The van der Waals surface area contributed by atoms with Crippen LogP contribution in [0.5, 0.6) is 0 Å². The van der Waals surface area contributed by atoms with Crippen molar-refractivity contribution in [3.8, 4) is 6.07 Å². The summed E-state index contributed by atoms with van der Waals surface area (Å²) in [7, 11) is 0. The zero-order valence-electron chi connectivity index (χ0n) is 20.3. The van der Waals surface area contributed by atoms with E-state index in [4.69, 9.17) is 5.10 Å². The van der Waals surface area contributed by atoms with E-state index in [2.05, 4.69) is 59.5 Å². The van der Waals surface area contributed by atoms with E-state index in [1.54, 1.807) is 23.4 Å². The summed E-state index contributed by atoms with van der Waals surface area (Å²) in [5.41, 5.74) is 3.65. The number of rotatable bonds is 6. The second-order valence-corrected chi connectivity index (χ2v) is 9.68. The lowest BCUT2D eigenvalue weighted by Gasteiger charge is -2.27. The lowest BCUT2D eigenvalue weighted by Crippen LogP contribution is -2.23. The van der Waals surface area contributed by atoms with E-state index in [1.165, 1.54) is 0 Å². The number of aromatic nitrogens is 6. The molecule has 0 bridgehead atoms. The molecule has 0 spiro atoms. The van der Waals surface area contributed by atoms with Crippen molar-refractivity contribution in [1.82, 2.24) is 29.8 Å². The number of anilines is 2. The van der Waals surface area contributed by atoms with Gasteiger partial charge in [0.05, 0.1) is 42.0 Å². The number of hydrogen-bond acceptors (Lipinski definition) is 6. The minimum absolute atomic E-state index is 0.0242. The van der Waals surface area contributed by atoms with E-state index in [9.17, 15) is 10.1 Å². The second-order valence-electron chi connectivity index (χ2n) is 9.68. The maximum Gasteiger partial charge on any atom is 0.261 e. The van der Waals surface area contributed by atoms with E-state index in [1.807, 2.05) is 16.8 Å². The van der Waals surface area contributed by atoms with Crippen molar-refractivity contribution in [2.45, 2.75) is 58.5 Å². The van der Waals surface area contributed by atoms with Crippen LogP contribution in [0.2, 0.25) is 0 Å². The Morgan fingerprint density at radius 1 is 1.17 bits per heavy atom. The first kappa shape index (κ1) is 22.8. The molecule has 0 aliphatic heterocycles. The summed E-state index contributed by atoms with van der Waals surface area (Å²) >= 11 is 0. The Labute approximate surface area is 203 Å². The Bertz CT molecular complexity index is 1430. The maximum atomic E-state index is 12.8. The third-order valence-electron chi connectivity index (χ3n) is 7.01. The molecule has 1 fully saturated rings. The Hall–Kier alpha value is -3.93. The zero-order chi connectivity index (χ0) is 24.5. The lowest BCUT2D eigenvalue weighted by atomic mass is 9.85. The zero-order valence-corrected chi connectivity index (χ0v) is 20.3. The first-order valence-corrected chi connectivity index (χ1v) is 12.2. The molecular formula is C26H30N8O. The summed E-state index contributed by atoms with van der Waals surface area (Å²) in [6.45, 7) is 6.39. The molecule has 0 radical (unpaired) electrons. The van der Waals surface area contributed by atoms with Crippen LogP contribution >= 0.6 is 0 Å². The number of nitriles is 1. The molecule has 3 heterocycles. The number of aromatic amines is 1. The SMILES string of the molecule is Cc1cc(Nc2nn([C@H]3CCCCC3C#N)c3cc[nH]c(=O)c23)ccc1C(C(C)C)n1nccn1. The molecule has 1 saturated carbocycles. The van der Waals surface area contributed by atoms with E-state index >= 15 is 0 Å². The third-order valence-corrected chi connectivity index (χ3v) is 7.01. The summed E-state index contributed by atoms with van der Waals surface area (Å²) in [6.07, 6.45) is 8.89. The highest BCUT2D eigenvalue weighted by Crippen LogP contribution is 2.37. The number of H-pyrrole nitrogens is 1. The van der Waals surface area contributed by atoms with Gasteiger partial charge in [0.15, 0.2) is 5.82 Å². The number of pyridine rings is 1. The van der Waals surface area contributed by atoms with Crippen molar-refractivity contribution in [3.05, 3.63) is 64.3 Å². The van der Waals surface area contributed by atoms with Crippen LogP contribution in [0.3, 0.4) is 0 Å². The first-order chi connectivity index (χ1) is 17.0. The smallest absolute Gasteiger partial charge is 0.261 e. The first-order valence-electron chi connectivity index (χ1n) is 12.2. The number of aryl methyl sites for hydroxylation is 1. The summed E-state index contributed by atoms with van der Waals surface area (Å²) < 4.78 is 1.89. The lowest BCUT2D eigenvalue weighted by molar-refractivity contribution is 0.277. The maximum absolute atomic E-state index is 12.8. The Kier molecular flexibility index (Phi) is 6.12. The molecule has 2 unspecified atom stereocenters. The summed E-state index contributed by atoms with van der Waals surface area (Å²) in [4.78, 5) is 17.4. The van der Waals surface area contributed by atoms with Crippen LogP contribution in [0, 0.1) is 30.1 Å². The molecule has 3 atom stereocenters. The van der Waals surface area contributed by atoms with Gasteiger partial charge in [0, 0.05) is 11.9 Å². The van der Waals surface area contributed by atoms with Crippen LogP contribution in [0.15, 0.2) is 47.7 Å². The van der Waals surface area contributed by atoms with Crippen molar-refractivity contribution in [3.63, 3.8) is 0 Å². The van der Waals surface area contributed by atoms with Gasteiger partial charge in [-0.1, -0.05) is 32.8 Å². The monoisotopic (exact) mass is 470 g/mol.